The largest absolute Gasteiger partial charge is 0.480 e. The van der Waals surface area contributed by atoms with Crippen molar-refractivity contribution in [1.82, 2.24) is 4.98 Å². The Labute approximate surface area is 167 Å². The van der Waals surface area contributed by atoms with Crippen molar-refractivity contribution in [2.24, 2.45) is 0 Å². The molecule has 0 fully saturated rings. The van der Waals surface area contributed by atoms with E-state index in [4.69, 9.17) is 21.1 Å². The van der Waals surface area contributed by atoms with Gasteiger partial charge in [0, 0.05) is 35.9 Å². The molecule has 2 aromatic carbocycles. The highest BCUT2D eigenvalue weighted by Crippen LogP contribution is 2.37. The average Bonchev–Trinajstić information content (AvgIpc) is 3.06. The van der Waals surface area contributed by atoms with E-state index in [1.54, 1.807) is 19.1 Å². The standard InChI is InChI=1S/C20H19ClN2O3S/c1-12(19(24)25)27-20-22-17(13-6-10-16(11-7-13)23(2)3)18(26-20)14-4-8-15(21)9-5-14/h4-12H,1-3H3,(H,24,25). The van der Waals surface area contributed by atoms with Crippen LogP contribution >= 0.6 is 23.4 Å². The van der Waals surface area contributed by atoms with Gasteiger partial charge in [0.2, 0.25) is 0 Å². The van der Waals surface area contributed by atoms with Crippen molar-refractivity contribution in [3.05, 3.63) is 53.6 Å². The lowest BCUT2D eigenvalue weighted by molar-refractivity contribution is -0.136. The molecule has 1 atom stereocenters. The van der Waals surface area contributed by atoms with Crippen molar-refractivity contribution in [1.29, 1.82) is 0 Å². The summed E-state index contributed by atoms with van der Waals surface area (Å²) in [6, 6.07) is 15.2. The molecule has 0 spiro atoms. The molecule has 0 amide bonds. The Morgan fingerprint density at radius 1 is 1.11 bits per heavy atom. The maximum absolute atomic E-state index is 11.2. The lowest BCUT2D eigenvalue weighted by atomic mass is 10.1. The molecule has 1 N–H and O–H groups in total. The Morgan fingerprint density at radius 2 is 1.70 bits per heavy atom. The molecule has 0 bridgehead atoms. The van der Waals surface area contributed by atoms with E-state index in [2.05, 4.69) is 4.98 Å². The third kappa shape index (κ3) is 4.46. The van der Waals surface area contributed by atoms with E-state index in [-0.39, 0.29) is 0 Å². The molecule has 0 radical (unpaired) electrons. The summed E-state index contributed by atoms with van der Waals surface area (Å²) >= 11 is 7.07. The first-order valence-corrected chi connectivity index (χ1v) is 9.55. The first-order valence-electron chi connectivity index (χ1n) is 8.29. The topological polar surface area (TPSA) is 66.6 Å². The summed E-state index contributed by atoms with van der Waals surface area (Å²) in [5.74, 6) is -0.326. The molecule has 140 valence electrons. The molecule has 3 aromatic rings. The molecular formula is C20H19ClN2O3S. The summed E-state index contributed by atoms with van der Waals surface area (Å²) in [5, 5.41) is 9.45. The molecule has 0 aliphatic carbocycles. The van der Waals surface area contributed by atoms with E-state index in [0.717, 1.165) is 28.6 Å². The van der Waals surface area contributed by atoms with E-state index in [0.29, 0.717) is 21.7 Å². The molecule has 0 aliphatic heterocycles. The van der Waals surface area contributed by atoms with Crippen LogP contribution in [0.3, 0.4) is 0 Å². The summed E-state index contributed by atoms with van der Waals surface area (Å²) in [6.45, 7) is 1.60. The molecule has 3 rings (SSSR count). The number of anilines is 1. The number of carboxylic acids is 1. The van der Waals surface area contributed by atoms with E-state index >= 15 is 0 Å². The Hall–Kier alpha value is -2.44. The molecule has 1 heterocycles. The van der Waals surface area contributed by atoms with Gasteiger partial charge in [0.25, 0.3) is 5.22 Å². The SMILES string of the molecule is CC(Sc1nc(-c2ccc(N(C)C)cc2)c(-c2ccc(Cl)cc2)o1)C(=O)O. The summed E-state index contributed by atoms with van der Waals surface area (Å²) in [6.07, 6.45) is 0. The first-order chi connectivity index (χ1) is 12.8. The number of hydrogen-bond acceptors (Lipinski definition) is 5. The number of oxazole rings is 1. The predicted molar refractivity (Wildman–Crippen MR) is 110 cm³/mol. The zero-order valence-electron chi connectivity index (χ0n) is 15.1. The fraction of sp³-hybridized carbons (Fsp3) is 0.200. The highest BCUT2D eigenvalue weighted by atomic mass is 35.5. The number of aliphatic carboxylic acids is 1. The van der Waals surface area contributed by atoms with Crippen molar-refractivity contribution in [2.75, 3.05) is 19.0 Å². The predicted octanol–water partition coefficient (Wildman–Crippen LogP) is 5.29. The van der Waals surface area contributed by atoms with Crippen LogP contribution in [0.25, 0.3) is 22.6 Å². The Morgan fingerprint density at radius 3 is 2.26 bits per heavy atom. The first kappa shape index (κ1) is 19.3. The summed E-state index contributed by atoms with van der Waals surface area (Å²) < 4.78 is 5.93. The fourth-order valence-electron chi connectivity index (χ4n) is 2.46. The normalized spacial score (nSPS) is 12.0. The monoisotopic (exact) mass is 402 g/mol. The van der Waals surface area contributed by atoms with Crippen LogP contribution in [0.2, 0.25) is 5.02 Å². The number of carbonyl (C=O) groups is 1. The molecule has 27 heavy (non-hydrogen) atoms. The fourth-order valence-corrected chi connectivity index (χ4v) is 3.27. The Balaban J connectivity index is 2.05. The molecule has 1 unspecified atom stereocenters. The van der Waals surface area contributed by atoms with E-state index in [1.807, 2.05) is 55.4 Å². The van der Waals surface area contributed by atoms with Crippen LogP contribution < -0.4 is 4.90 Å². The Kier molecular flexibility index (Phi) is 5.77. The van der Waals surface area contributed by atoms with Crippen molar-refractivity contribution >= 4 is 35.0 Å². The summed E-state index contributed by atoms with van der Waals surface area (Å²) in [7, 11) is 3.96. The van der Waals surface area contributed by atoms with Gasteiger partial charge in [0.1, 0.15) is 10.9 Å². The van der Waals surface area contributed by atoms with Gasteiger partial charge in [0.15, 0.2) is 5.76 Å². The van der Waals surface area contributed by atoms with Gasteiger partial charge in [-0.05, 0) is 43.3 Å². The minimum atomic E-state index is -0.914. The van der Waals surface area contributed by atoms with Gasteiger partial charge in [-0.1, -0.05) is 35.5 Å². The van der Waals surface area contributed by atoms with Gasteiger partial charge in [0.05, 0.1) is 0 Å². The molecule has 1 aromatic heterocycles. The van der Waals surface area contributed by atoms with Crippen LogP contribution in [0.5, 0.6) is 0 Å². The van der Waals surface area contributed by atoms with Crippen molar-refractivity contribution in [3.8, 4) is 22.6 Å². The average molecular weight is 403 g/mol. The Bertz CT molecular complexity index is 937. The maximum Gasteiger partial charge on any atom is 0.316 e. The molecule has 5 nitrogen and oxygen atoms in total. The van der Waals surface area contributed by atoms with Crippen LogP contribution in [0.15, 0.2) is 58.2 Å². The zero-order chi connectivity index (χ0) is 19.6. The van der Waals surface area contributed by atoms with Crippen molar-refractivity contribution in [2.45, 2.75) is 17.4 Å². The molecule has 0 aliphatic rings. The number of nitrogens with zero attached hydrogens (tertiary/aromatic N) is 2. The molecular weight excluding hydrogens is 384 g/mol. The van der Waals surface area contributed by atoms with Crippen LogP contribution in [-0.4, -0.2) is 35.4 Å². The van der Waals surface area contributed by atoms with Gasteiger partial charge < -0.3 is 14.4 Å². The number of aromatic nitrogens is 1. The van der Waals surface area contributed by atoms with Crippen LogP contribution in [0.1, 0.15) is 6.92 Å². The van der Waals surface area contributed by atoms with Crippen LogP contribution in [0, 0.1) is 0 Å². The maximum atomic E-state index is 11.2. The van der Waals surface area contributed by atoms with Gasteiger partial charge in [-0.15, -0.1) is 0 Å². The molecule has 0 saturated heterocycles. The molecule has 7 heteroatoms. The van der Waals surface area contributed by atoms with Crippen LogP contribution in [0.4, 0.5) is 5.69 Å². The second-order valence-corrected chi connectivity index (χ2v) is 7.93. The second-order valence-electron chi connectivity index (χ2n) is 6.20. The molecule has 0 saturated carbocycles. The second kappa shape index (κ2) is 8.06. The van der Waals surface area contributed by atoms with E-state index in [9.17, 15) is 4.79 Å². The summed E-state index contributed by atoms with van der Waals surface area (Å²) in [5.41, 5.74) is 3.46. The number of carboxylic acid groups (broad SMARTS) is 1. The minimum absolute atomic E-state index is 0.321. The lowest BCUT2D eigenvalue weighted by Gasteiger charge is -2.12. The lowest BCUT2D eigenvalue weighted by Crippen LogP contribution is -2.10. The number of hydrogen-bond donors (Lipinski definition) is 1. The summed E-state index contributed by atoms with van der Waals surface area (Å²) in [4.78, 5) is 17.7. The van der Waals surface area contributed by atoms with Gasteiger partial charge in [-0.3, -0.25) is 4.79 Å². The minimum Gasteiger partial charge on any atom is -0.480 e. The van der Waals surface area contributed by atoms with Crippen molar-refractivity contribution in [3.63, 3.8) is 0 Å². The van der Waals surface area contributed by atoms with Gasteiger partial charge >= 0.3 is 5.97 Å². The number of thioether (sulfide) groups is 1. The highest BCUT2D eigenvalue weighted by molar-refractivity contribution is 8.00. The van der Waals surface area contributed by atoms with Crippen molar-refractivity contribution < 1.29 is 14.3 Å². The number of rotatable bonds is 6. The van der Waals surface area contributed by atoms with Gasteiger partial charge in [-0.25, -0.2) is 4.98 Å². The van der Waals surface area contributed by atoms with E-state index in [1.165, 1.54) is 0 Å². The smallest absolute Gasteiger partial charge is 0.316 e. The zero-order valence-corrected chi connectivity index (χ0v) is 16.7. The quantitative estimate of drug-likeness (QED) is 0.565. The third-order valence-electron chi connectivity index (χ3n) is 4.00. The van der Waals surface area contributed by atoms with E-state index < -0.39 is 11.2 Å². The third-order valence-corrected chi connectivity index (χ3v) is 5.18. The number of halogens is 1. The van der Waals surface area contributed by atoms with Gasteiger partial charge in [-0.2, -0.15) is 0 Å². The highest BCUT2D eigenvalue weighted by Gasteiger charge is 2.21. The number of benzene rings is 2. The van der Waals surface area contributed by atoms with Crippen LogP contribution in [-0.2, 0) is 4.79 Å².